The van der Waals surface area contributed by atoms with E-state index in [0.29, 0.717) is 6.42 Å². The van der Waals surface area contributed by atoms with E-state index >= 15 is 0 Å². The Labute approximate surface area is 110 Å². The van der Waals surface area contributed by atoms with E-state index in [1.165, 1.54) is 0 Å². The second-order valence-electron chi connectivity index (χ2n) is 6.80. The van der Waals surface area contributed by atoms with E-state index in [-0.39, 0.29) is 23.0 Å². The minimum absolute atomic E-state index is 0.117. The molecule has 0 aromatic heterocycles. The molecule has 4 heteroatoms. The van der Waals surface area contributed by atoms with E-state index in [0.717, 1.165) is 6.42 Å². The standard InChI is InChI=1S/C14H25NO3/c1-7-10-8-11(18-17-10)12(16)15-14(5,6)9-13(2,3)4/h7,10-11H,1,8-9H2,2-6H3,(H,15,16)/t10-,11+/m1/s1. The number of carbonyl (C=O) groups excluding carboxylic acids is 1. The van der Waals surface area contributed by atoms with Crippen molar-refractivity contribution in [1.29, 1.82) is 0 Å². The van der Waals surface area contributed by atoms with Crippen LogP contribution in [0.5, 0.6) is 0 Å². The number of nitrogens with one attached hydrogen (secondary N) is 1. The lowest BCUT2D eigenvalue weighted by Gasteiger charge is -2.33. The summed E-state index contributed by atoms with van der Waals surface area (Å²) < 4.78 is 0. The predicted octanol–water partition coefficient (Wildman–Crippen LogP) is 2.59. The molecule has 1 heterocycles. The van der Waals surface area contributed by atoms with Gasteiger partial charge in [0.15, 0.2) is 6.10 Å². The van der Waals surface area contributed by atoms with Crippen LogP contribution in [0.3, 0.4) is 0 Å². The summed E-state index contributed by atoms with van der Waals surface area (Å²) >= 11 is 0. The van der Waals surface area contributed by atoms with E-state index in [4.69, 9.17) is 9.78 Å². The van der Waals surface area contributed by atoms with E-state index in [9.17, 15) is 4.79 Å². The van der Waals surface area contributed by atoms with Crippen molar-refractivity contribution in [2.75, 3.05) is 0 Å². The Morgan fingerprint density at radius 1 is 1.33 bits per heavy atom. The van der Waals surface area contributed by atoms with Gasteiger partial charge < -0.3 is 5.32 Å². The fraction of sp³-hybridized carbons (Fsp3) is 0.786. The minimum atomic E-state index is -0.535. The van der Waals surface area contributed by atoms with Crippen molar-refractivity contribution >= 4 is 5.91 Å². The summed E-state index contributed by atoms with van der Waals surface area (Å²) in [6.07, 6.45) is 2.34. The SMILES string of the molecule is C=C[C@@H]1C[C@@H](C(=O)NC(C)(C)CC(C)(C)C)OO1. The van der Waals surface area contributed by atoms with E-state index < -0.39 is 6.10 Å². The second kappa shape index (κ2) is 5.41. The van der Waals surface area contributed by atoms with Gasteiger partial charge in [-0.05, 0) is 25.7 Å². The number of amides is 1. The topological polar surface area (TPSA) is 47.6 Å². The van der Waals surface area contributed by atoms with E-state index in [2.05, 4.69) is 32.7 Å². The van der Waals surface area contributed by atoms with Gasteiger partial charge in [0.25, 0.3) is 5.91 Å². The maximum absolute atomic E-state index is 12.1. The number of hydrogen-bond acceptors (Lipinski definition) is 3. The molecule has 0 saturated carbocycles. The van der Waals surface area contributed by atoms with Crippen molar-refractivity contribution in [1.82, 2.24) is 5.32 Å². The van der Waals surface area contributed by atoms with Gasteiger partial charge in [0.05, 0.1) is 0 Å². The molecule has 1 rings (SSSR count). The zero-order chi connectivity index (χ0) is 14.0. The molecule has 1 aliphatic heterocycles. The largest absolute Gasteiger partial charge is 0.349 e. The van der Waals surface area contributed by atoms with Crippen LogP contribution in [0.25, 0.3) is 0 Å². The molecule has 0 bridgehead atoms. The molecule has 2 atom stereocenters. The quantitative estimate of drug-likeness (QED) is 0.620. The van der Waals surface area contributed by atoms with Gasteiger partial charge in [-0.3, -0.25) is 4.79 Å². The van der Waals surface area contributed by atoms with Crippen LogP contribution in [-0.4, -0.2) is 23.7 Å². The van der Waals surface area contributed by atoms with Crippen LogP contribution in [0.2, 0.25) is 0 Å². The highest BCUT2D eigenvalue weighted by Gasteiger charge is 2.35. The maximum Gasteiger partial charge on any atom is 0.253 e. The van der Waals surface area contributed by atoms with Crippen molar-refractivity contribution in [2.24, 2.45) is 5.41 Å². The Kier molecular flexibility index (Phi) is 4.56. The van der Waals surface area contributed by atoms with Crippen molar-refractivity contribution in [3.8, 4) is 0 Å². The zero-order valence-electron chi connectivity index (χ0n) is 12.1. The first-order valence-corrected chi connectivity index (χ1v) is 6.40. The lowest BCUT2D eigenvalue weighted by Crippen LogP contribution is -2.49. The van der Waals surface area contributed by atoms with Crippen LogP contribution >= 0.6 is 0 Å². The summed E-state index contributed by atoms with van der Waals surface area (Å²) in [7, 11) is 0. The third kappa shape index (κ3) is 4.78. The summed E-state index contributed by atoms with van der Waals surface area (Å²) in [5.74, 6) is -0.117. The number of carbonyl (C=O) groups is 1. The highest BCUT2D eigenvalue weighted by molar-refractivity contribution is 5.81. The molecule has 0 aliphatic carbocycles. The van der Waals surface area contributed by atoms with Crippen LogP contribution in [0.4, 0.5) is 0 Å². The third-order valence-corrected chi connectivity index (χ3v) is 2.73. The summed E-state index contributed by atoms with van der Waals surface area (Å²) in [5, 5.41) is 3.02. The van der Waals surface area contributed by atoms with Gasteiger partial charge in [0.2, 0.25) is 0 Å². The Hall–Kier alpha value is -0.870. The third-order valence-electron chi connectivity index (χ3n) is 2.73. The molecule has 1 amide bonds. The summed E-state index contributed by atoms with van der Waals surface area (Å²) in [6, 6.07) is 0. The number of hydrogen-bond donors (Lipinski definition) is 1. The molecule has 104 valence electrons. The highest BCUT2D eigenvalue weighted by Crippen LogP contribution is 2.27. The molecule has 1 N–H and O–H groups in total. The average molecular weight is 255 g/mol. The maximum atomic E-state index is 12.1. The minimum Gasteiger partial charge on any atom is -0.349 e. The van der Waals surface area contributed by atoms with Crippen LogP contribution < -0.4 is 5.32 Å². The fourth-order valence-corrected chi connectivity index (χ4v) is 2.50. The van der Waals surface area contributed by atoms with Crippen LogP contribution in [-0.2, 0) is 14.6 Å². The first-order valence-electron chi connectivity index (χ1n) is 6.40. The Balaban J connectivity index is 2.51. The van der Waals surface area contributed by atoms with Crippen LogP contribution in [0, 0.1) is 5.41 Å². The highest BCUT2D eigenvalue weighted by atomic mass is 17.2. The van der Waals surface area contributed by atoms with Crippen molar-refractivity contribution in [2.45, 2.75) is 65.2 Å². The van der Waals surface area contributed by atoms with Crippen LogP contribution in [0.1, 0.15) is 47.5 Å². The lowest BCUT2D eigenvalue weighted by atomic mass is 9.81. The molecule has 0 unspecified atom stereocenters. The van der Waals surface area contributed by atoms with Gasteiger partial charge in [-0.15, -0.1) is 6.58 Å². The Morgan fingerprint density at radius 3 is 2.39 bits per heavy atom. The van der Waals surface area contributed by atoms with E-state index in [1.54, 1.807) is 6.08 Å². The molecule has 0 aromatic carbocycles. The zero-order valence-corrected chi connectivity index (χ0v) is 12.1. The summed E-state index contributed by atoms with van der Waals surface area (Å²) in [5.41, 5.74) is -0.0988. The van der Waals surface area contributed by atoms with Crippen molar-refractivity contribution < 1.29 is 14.6 Å². The molecule has 1 fully saturated rings. The molecule has 1 aliphatic rings. The monoisotopic (exact) mass is 255 g/mol. The number of rotatable bonds is 4. The fourth-order valence-electron chi connectivity index (χ4n) is 2.50. The molecular formula is C14H25NO3. The van der Waals surface area contributed by atoms with Gasteiger partial charge in [0, 0.05) is 12.0 Å². The van der Waals surface area contributed by atoms with Gasteiger partial charge in [0.1, 0.15) is 6.10 Å². The van der Waals surface area contributed by atoms with E-state index in [1.807, 2.05) is 13.8 Å². The first-order chi connectivity index (χ1) is 8.13. The van der Waals surface area contributed by atoms with Crippen molar-refractivity contribution in [3.63, 3.8) is 0 Å². The average Bonchev–Trinajstić information content (AvgIpc) is 2.60. The van der Waals surface area contributed by atoms with Gasteiger partial charge in [-0.25, -0.2) is 9.78 Å². The summed E-state index contributed by atoms with van der Waals surface area (Å²) in [6.45, 7) is 14.1. The van der Waals surface area contributed by atoms with Gasteiger partial charge in [-0.2, -0.15) is 0 Å². The summed E-state index contributed by atoms with van der Waals surface area (Å²) in [4.78, 5) is 22.0. The molecule has 18 heavy (non-hydrogen) atoms. The second-order valence-corrected chi connectivity index (χ2v) is 6.80. The van der Waals surface area contributed by atoms with Gasteiger partial charge in [-0.1, -0.05) is 26.8 Å². The molecule has 0 aromatic rings. The molecular weight excluding hydrogens is 230 g/mol. The first kappa shape index (κ1) is 15.2. The Bertz CT molecular complexity index is 317. The van der Waals surface area contributed by atoms with Crippen LogP contribution in [0.15, 0.2) is 12.7 Å². The predicted molar refractivity (Wildman–Crippen MR) is 70.9 cm³/mol. The van der Waals surface area contributed by atoms with Crippen molar-refractivity contribution in [3.05, 3.63) is 12.7 Å². The molecule has 1 saturated heterocycles. The Morgan fingerprint density at radius 2 is 1.94 bits per heavy atom. The normalized spacial score (nSPS) is 24.9. The molecule has 0 radical (unpaired) electrons. The lowest BCUT2D eigenvalue weighted by molar-refractivity contribution is -0.283. The molecule has 4 nitrogen and oxygen atoms in total. The smallest absolute Gasteiger partial charge is 0.253 e. The molecule has 0 spiro atoms. The van der Waals surface area contributed by atoms with Gasteiger partial charge >= 0.3 is 0 Å².